The largest absolute Gasteiger partial charge is 0.425 e. The molecule has 0 aliphatic rings. The van der Waals surface area contributed by atoms with Gasteiger partial charge in [-0.05, 0) is 23.3 Å². The Balaban J connectivity index is 1.69. The van der Waals surface area contributed by atoms with Crippen molar-refractivity contribution in [3.05, 3.63) is 82.5 Å². The van der Waals surface area contributed by atoms with E-state index in [4.69, 9.17) is 16.0 Å². The molecule has 0 radical (unpaired) electrons. The smallest absolute Gasteiger partial charge is 0.224 e. The molecule has 0 aliphatic heterocycles. The molecule has 1 atom stereocenters. The van der Waals surface area contributed by atoms with Gasteiger partial charge in [-0.15, -0.1) is 10.2 Å². The number of nitrogens with zero attached hydrogens (tertiary/aromatic N) is 2. The molecule has 2 aromatic carbocycles. The summed E-state index contributed by atoms with van der Waals surface area (Å²) in [6.45, 7) is 2.18. The predicted octanol–water partition coefficient (Wildman–Crippen LogP) is 3.87. The van der Waals surface area contributed by atoms with Gasteiger partial charge < -0.3 is 9.73 Å². The van der Waals surface area contributed by atoms with Gasteiger partial charge in [0, 0.05) is 24.9 Å². The molecule has 6 heteroatoms. The number of hydrogen-bond acceptors (Lipinski definition) is 4. The van der Waals surface area contributed by atoms with E-state index >= 15 is 0 Å². The van der Waals surface area contributed by atoms with Crippen LogP contribution in [0, 0.1) is 6.92 Å². The maximum atomic E-state index is 12.4. The SMILES string of the molecule is Cc1nnc(C(CC(=O)NCc2ccc(Cl)cc2)c2ccccc2)o1. The molecular formula is C19H18ClN3O2. The summed E-state index contributed by atoms with van der Waals surface area (Å²) in [6, 6.07) is 17.1. The molecule has 25 heavy (non-hydrogen) atoms. The molecule has 1 unspecified atom stereocenters. The summed E-state index contributed by atoms with van der Waals surface area (Å²) in [4.78, 5) is 12.4. The van der Waals surface area contributed by atoms with Gasteiger partial charge in [0.1, 0.15) is 0 Å². The van der Waals surface area contributed by atoms with Gasteiger partial charge in [0.25, 0.3) is 0 Å². The number of benzene rings is 2. The van der Waals surface area contributed by atoms with Crippen LogP contribution in [-0.4, -0.2) is 16.1 Å². The predicted molar refractivity (Wildman–Crippen MR) is 95.2 cm³/mol. The number of carbonyl (C=O) groups is 1. The maximum Gasteiger partial charge on any atom is 0.224 e. The lowest BCUT2D eigenvalue weighted by molar-refractivity contribution is -0.121. The molecule has 0 saturated heterocycles. The highest BCUT2D eigenvalue weighted by molar-refractivity contribution is 6.30. The number of halogens is 1. The highest BCUT2D eigenvalue weighted by Crippen LogP contribution is 2.27. The van der Waals surface area contributed by atoms with Gasteiger partial charge in [-0.3, -0.25) is 4.79 Å². The first kappa shape index (κ1) is 17.2. The zero-order chi connectivity index (χ0) is 17.6. The summed E-state index contributed by atoms with van der Waals surface area (Å²) in [7, 11) is 0. The minimum absolute atomic E-state index is 0.0837. The molecular weight excluding hydrogens is 338 g/mol. The van der Waals surface area contributed by atoms with E-state index in [1.165, 1.54) is 0 Å². The maximum absolute atomic E-state index is 12.4. The van der Waals surface area contributed by atoms with Gasteiger partial charge in [-0.25, -0.2) is 0 Å². The molecule has 128 valence electrons. The average Bonchev–Trinajstić information content (AvgIpc) is 3.06. The summed E-state index contributed by atoms with van der Waals surface area (Å²) in [5.74, 6) is 0.579. The number of hydrogen-bond donors (Lipinski definition) is 1. The Hall–Kier alpha value is -2.66. The first-order chi connectivity index (χ1) is 12.1. The van der Waals surface area contributed by atoms with Crippen LogP contribution in [-0.2, 0) is 11.3 Å². The van der Waals surface area contributed by atoms with Gasteiger partial charge in [0.05, 0.1) is 5.92 Å². The van der Waals surface area contributed by atoms with Gasteiger partial charge in [-0.2, -0.15) is 0 Å². The van der Waals surface area contributed by atoms with Crippen LogP contribution in [0.15, 0.2) is 59.0 Å². The number of aromatic nitrogens is 2. The monoisotopic (exact) mass is 355 g/mol. The summed E-state index contributed by atoms with van der Waals surface area (Å²) >= 11 is 5.87. The quantitative estimate of drug-likeness (QED) is 0.728. The van der Waals surface area contributed by atoms with E-state index in [0.29, 0.717) is 23.3 Å². The summed E-state index contributed by atoms with van der Waals surface area (Å²) in [5, 5.41) is 11.6. The highest BCUT2D eigenvalue weighted by atomic mass is 35.5. The molecule has 0 spiro atoms. The van der Waals surface area contributed by atoms with E-state index in [1.54, 1.807) is 19.1 Å². The minimum Gasteiger partial charge on any atom is -0.425 e. The first-order valence-electron chi connectivity index (χ1n) is 7.98. The van der Waals surface area contributed by atoms with Gasteiger partial charge in [0.15, 0.2) is 0 Å². The molecule has 3 rings (SSSR count). The van der Waals surface area contributed by atoms with E-state index in [0.717, 1.165) is 11.1 Å². The molecule has 1 aromatic heterocycles. The Kier molecular flexibility index (Phi) is 5.46. The molecule has 0 aliphatic carbocycles. The summed E-state index contributed by atoms with van der Waals surface area (Å²) < 4.78 is 5.56. The number of nitrogens with one attached hydrogen (secondary N) is 1. The van der Waals surface area contributed by atoms with Crippen LogP contribution in [0.25, 0.3) is 0 Å². The van der Waals surface area contributed by atoms with Crippen molar-refractivity contribution < 1.29 is 9.21 Å². The highest BCUT2D eigenvalue weighted by Gasteiger charge is 2.23. The van der Waals surface area contributed by atoms with E-state index in [1.807, 2.05) is 42.5 Å². The van der Waals surface area contributed by atoms with Gasteiger partial charge >= 0.3 is 0 Å². The summed E-state index contributed by atoms with van der Waals surface area (Å²) in [6.07, 6.45) is 0.235. The second-order valence-corrected chi connectivity index (χ2v) is 6.17. The number of aryl methyl sites for hydroxylation is 1. The second-order valence-electron chi connectivity index (χ2n) is 5.73. The van der Waals surface area contributed by atoms with Crippen LogP contribution in [0.3, 0.4) is 0 Å². The van der Waals surface area contributed by atoms with Crippen molar-refractivity contribution in [2.75, 3.05) is 0 Å². The van der Waals surface area contributed by atoms with Crippen molar-refractivity contribution in [3.63, 3.8) is 0 Å². The first-order valence-corrected chi connectivity index (χ1v) is 8.35. The van der Waals surface area contributed by atoms with Gasteiger partial charge in [-0.1, -0.05) is 54.1 Å². The fourth-order valence-electron chi connectivity index (χ4n) is 2.55. The van der Waals surface area contributed by atoms with Crippen molar-refractivity contribution in [1.29, 1.82) is 0 Å². The third-order valence-electron chi connectivity index (χ3n) is 3.83. The Morgan fingerprint density at radius 1 is 1.12 bits per heavy atom. The third kappa shape index (κ3) is 4.67. The lowest BCUT2D eigenvalue weighted by atomic mass is 9.95. The Labute approximate surface area is 151 Å². The van der Waals surface area contributed by atoms with E-state index in [9.17, 15) is 4.79 Å². The fraction of sp³-hybridized carbons (Fsp3) is 0.211. The Morgan fingerprint density at radius 2 is 1.84 bits per heavy atom. The average molecular weight is 356 g/mol. The van der Waals surface area contributed by atoms with Crippen molar-refractivity contribution in [3.8, 4) is 0 Å². The van der Waals surface area contributed by atoms with Crippen LogP contribution in [0.4, 0.5) is 0 Å². The van der Waals surface area contributed by atoms with Crippen LogP contribution >= 0.6 is 11.6 Å². The van der Waals surface area contributed by atoms with Crippen LogP contribution in [0.1, 0.15) is 35.2 Å². The van der Waals surface area contributed by atoms with E-state index in [-0.39, 0.29) is 18.2 Å². The molecule has 1 amide bonds. The Morgan fingerprint density at radius 3 is 2.48 bits per heavy atom. The number of rotatable bonds is 6. The zero-order valence-corrected chi connectivity index (χ0v) is 14.5. The standard InChI is InChI=1S/C19H18ClN3O2/c1-13-22-23-19(25-13)17(15-5-3-2-4-6-15)11-18(24)21-12-14-7-9-16(20)10-8-14/h2-10,17H,11-12H2,1H3,(H,21,24). The fourth-order valence-corrected chi connectivity index (χ4v) is 2.67. The van der Waals surface area contributed by atoms with Crippen LogP contribution in [0.5, 0.6) is 0 Å². The minimum atomic E-state index is -0.271. The molecule has 0 bridgehead atoms. The van der Waals surface area contributed by atoms with Crippen LogP contribution in [0.2, 0.25) is 5.02 Å². The molecule has 5 nitrogen and oxygen atoms in total. The molecule has 1 N–H and O–H groups in total. The normalized spacial score (nSPS) is 11.9. The third-order valence-corrected chi connectivity index (χ3v) is 4.09. The lowest BCUT2D eigenvalue weighted by Gasteiger charge is -2.13. The molecule has 0 fully saturated rings. The van der Waals surface area contributed by atoms with Crippen molar-refractivity contribution in [2.24, 2.45) is 0 Å². The van der Waals surface area contributed by atoms with Gasteiger partial charge in [0.2, 0.25) is 17.7 Å². The lowest BCUT2D eigenvalue weighted by Crippen LogP contribution is -2.25. The van der Waals surface area contributed by atoms with E-state index in [2.05, 4.69) is 15.5 Å². The second kappa shape index (κ2) is 7.94. The van der Waals surface area contributed by atoms with Crippen molar-refractivity contribution >= 4 is 17.5 Å². The zero-order valence-electron chi connectivity index (χ0n) is 13.8. The number of carbonyl (C=O) groups excluding carboxylic acids is 1. The van der Waals surface area contributed by atoms with Crippen molar-refractivity contribution in [2.45, 2.75) is 25.8 Å². The van der Waals surface area contributed by atoms with Crippen molar-refractivity contribution in [1.82, 2.24) is 15.5 Å². The number of amides is 1. The molecule has 0 saturated carbocycles. The molecule has 3 aromatic rings. The summed E-state index contributed by atoms with van der Waals surface area (Å²) in [5.41, 5.74) is 1.95. The molecule has 1 heterocycles. The Bertz CT molecular complexity index is 831. The van der Waals surface area contributed by atoms with Crippen LogP contribution < -0.4 is 5.32 Å². The van der Waals surface area contributed by atoms with E-state index < -0.39 is 0 Å². The topological polar surface area (TPSA) is 68.0 Å².